The molecule has 276 valence electrons. The zero-order valence-corrected chi connectivity index (χ0v) is 32.2. The molecule has 0 amide bonds. The minimum atomic E-state index is -0.465. The Bertz CT molecular complexity index is 3330. The van der Waals surface area contributed by atoms with Crippen LogP contribution in [-0.2, 0) is 5.41 Å². The Morgan fingerprint density at radius 2 is 0.881 bits per heavy atom. The number of para-hydroxylation sites is 1. The van der Waals surface area contributed by atoms with Gasteiger partial charge in [0.2, 0.25) is 0 Å². The average Bonchev–Trinajstić information content (AvgIpc) is 3.84. The first-order valence-corrected chi connectivity index (χ1v) is 20.3. The first-order chi connectivity index (χ1) is 29.3. The van der Waals surface area contributed by atoms with Crippen molar-refractivity contribution in [2.45, 2.75) is 5.41 Å². The maximum Gasteiger partial charge on any atom is 0.136 e. The summed E-state index contributed by atoms with van der Waals surface area (Å²) in [5.74, 6) is 0. The van der Waals surface area contributed by atoms with E-state index in [2.05, 4.69) is 217 Å². The number of furan rings is 1. The molecule has 10 aromatic carbocycles. The molecule has 1 aliphatic rings. The summed E-state index contributed by atoms with van der Waals surface area (Å²) >= 11 is 0. The largest absolute Gasteiger partial charge is 0.456 e. The van der Waals surface area contributed by atoms with E-state index >= 15 is 0 Å². The first-order valence-electron chi connectivity index (χ1n) is 20.3. The van der Waals surface area contributed by atoms with E-state index in [1.807, 2.05) is 12.1 Å². The van der Waals surface area contributed by atoms with Gasteiger partial charge in [0.25, 0.3) is 0 Å². The van der Waals surface area contributed by atoms with Crippen LogP contribution in [0.25, 0.3) is 65.7 Å². The smallest absolute Gasteiger partial charge is 0.136 e. The molecular weight excluding hydrogens is 715 g/mol. The number of hydrogen-bond donors (Lipinski definition) is 0. The minimum absolute atomic E-state index is 0.465. The molecule has 59 heavy (non-hydrogen) atoms. The third-order valence-electron chi connectivity index (χ3n) is 12.5. The number of fused-ring (bicyclic) bond motifs is 9. The van der Waals surface area contributed by atoms with Gasteiger partial charge in [-0.15, -0.1) is 0 Å². The number of nitrogens with zero attached hydrogens (tertiary/aromatic N) is 1. The van der Waals surface area contributed by atoms with Gasteiger partial charge in [-0.2, -0.15) is 0 Å². The van der Waals surface area contributed by atoms with E-state index in [-0.39, 0.29) is 0 Å². The summed E-state index contributed by atoms with van der Waals surface area (Å²) in [4.78, 5) is 2.43. The fourth-order valence-electron chi connectivity index (χ4n) is 10.0. The number of rotatable bonds is 6. The van der Waals surface area contributed by atoms with E-state index in [0.29, 0.717) is 0 Å². The molecule has 0 unspecified atom stereocenters. The maximum atomic E-state index is 6.28. The number of benzene rings is 10. The molecule has 2 heteroatoms. The van der Waals surface area contributed by atoms with Crippen molar-refractivity contribution in [1.29, 1.82) is 0 Å². The molecule has 12 rings (SSSR count). The van der Waals surface area contributed by atoms with Crippen LogP contribution in [0.5, 0.6) is 0 Å². The van der Waals surface area contributed by atoms with Gasteiger partial charge >= 0.3 is 0 Å². The topological polar surface area (TPSA) is 16.4 Å². The average molecular weight is 752 g/mol. The van der Waals surface area contributed by atoms with Gasteiger partial charge in [-0.3, -0.25) is 0 Å². The zero-order valence-electron chi connectivity index (χ0n) is 32.2. The van der Waals surface area contributed by atoms with Crippen molar-refractivity contribution >= 4 is 60.5 Å². The van der Waals surface area contributed by atoms with Crippen molar-refractivity contribution in [3.05, 3.63) is 247 Å². The van der Waals surface area contributed by atoms with Gasteiger partial charge in [-0.1, -0.05) is 182 Å². The monoisotopic (exact) mass is 751 g/mol. The fraction of sp³-hybridized carbons (Fsp3) is 0.0175. The lowest BCUT2D eigenvalue weighted by Crippen LogP contribution is -2.28. The molecule has 1 aliphatic carbocycles. The van der Waals surface area contributed by atoms with Crippen molar-refractivity contribution in [3.63, 3.8) is 0 Å². The van der Waals surface area contributed by atoms with Crippen molar-refractivity contribution in [2.75, 3.05) is 4.90 Å². The van der Waals surface area contributed by atoms with Crippen LogP contribution in [0.1, 0.15) is 22.3 Å². The summed E-state index contributed by atoms with van der Waals surface area (Å²) in [6.07, 6.45) is 0. The van der Waals surface area contributed by atoms with Crippen LogP contribution >= 0.6 is 0 Å². The molecule has 1 aromatic heterocycles. The predicted molar refractivity (Wildman–Crippen MR) is 246 cm³/mol. The number of hydrogen-bond acceptors (Lipinski definition) is 2. The van der Waals surface area contributed by atoms with E-state index in [0.717, 1.165) is 50.1 Å². The summed E-state index contributed by atoms with van der Waals surface area (Å²) in [7, 11) is 0. The van der Waals surface area contributed by atoms with Gasteiger partial charge in [-0.05, 0) is 103 Å². The Morgan fingerprint density at radius 3 is 1.61 bits per heavy atom. The van der Waals surface area contributed by atoms with Gasteiger partial charge in [0.05, 0.1) is 11.1 Å². The van der Waals surface area contributed by atoms with Gasteiger partial charge in [0.15, 0.2) is 0 Å². The molecule has 0 N–H and O–H groups in total. The lowest BCUT2D eigenvalue weighted by molar-refractivity contribution is 0.669. The fourth-order valence-corrected chi connectivity index (χ4v) is 10.0. The van der Waals surface area contributed by atoms with E-state index in [1.54, 1.807) is 0 Å². The predicted octanol–water partition coefficient (Wildman–Crippen LogP) is 15.4. The zero-order chi connectivity index (χ0) is 38.9. The molecule has 2 nitrogen and oxygen atoms in total. The minimum Gasteiger partial charge on any atom is -0.456 e. The summed E-state index contributed by atoms with van der Waals surface area (Å²) < 4.78 is 6.28. The molecule has 0 aliphatic heterocycles. The Balaban J connectivity index is 1.06. The summed E-state index contributed by atoms with van der Waals surface area (Å²) in [5, 5.41) is 7.17. The van der Waals surface area contributed by atoms with Gasteiger partial charge in [0.1, 0.15) is 11.2 Å². The highest BCUT2D eigenvalue weighted by Crippen LogP contribution is 2.56. The van der Waals surface area contributed by atoms with Crippen molar-refractivity contribution in [3.8, 4) is 22.3 Å². The molecule has 0 bridgehead atoms. The summed E-state index contributed by atoms with van der Waals surface area (Å²) in [6.45, 7) is 0. The third-order valence-corrected chi connectivity index (χ3v) is 12.5. The lowest BCUT2D eigenvalue weighted by atomic mass is 9.68. The second kappa shape index (κ2) is 13.2. The first kappa shape index (κ1) is 33.5. The Labute approximate surface area is 342 Å². The molecule has 1 heterocycles. The van der Waals surface area contributed by atoms with E-state index in [1.165, 1.54) is 54.9 Å². The second-order valence-corrected chi connectivity index (χ2v) is 15.6. The van der Waals surface area contributed by atoms with Crippen molar-refractivity contribution in [1.82, 2.24) is 0 Å². The molecular formula is C57H37NO. The molecule has 0 saturated carbocycles. The van der Waals surface area contributed by atoms with Crippen LogP contribution < -0.4 is 4.90 Å². The molecule has 0 fully saturated rings. The maximum absolute atomic E-state index is 6.28. The summed E-state index contributed by atoms with van der Waals surface area (Å²) in [5.41, 5.74) is 14.7. The molecule has 0 radical (unpaired) electrons. The normalized spacial score (nSPS) is 12.9. The second-order valence-electron chi connectivity index (χ2n) is 15.6. The van der Waals surface area contributed by atoms with Gasteiger partial charge < -0.3 is 9.32 Å². The quantitative estimate of drug-likeness (QED) is 0.157. The Hall–Kier alpha value is -7.68. The standard InChI is InChI=1S/C57H37NO/c1-2-16-40(17-3-1)57(51-25-11-8-20-47(51)48-21-9-12-26-52(48)57)41-31-35-43(36-32-41)58(53-37-39-15-4-5-18-44(39)46-19-6-7-22-49(46)53)42-33-29-38(30-34-42)45-24-14-28-55-56(45)50-23-10-13-27-54(50)59-55/h1-37H. The van der Waals surface area contributed by atoms with Crippen LogP contribution in [0.4, 0.5) is 17.1 Å². The molecule has 0 atom stereocenters. The molecule has 0 spiro atoms. The number of anilines is 3. The molecule has 11 aromatic rings. The molecule has 0 saturated heterocycles. The van der Waals surface area contributed by atoms with E-state index in [4.69, 9.17) is 4.42 Å². The van der Waals surface area contributed by atoms with Crippen LogP contribution in [0.2, 0.25) is 0 Å². The van der Waals surface area contributed by atoms with Crippen LogP contribution in [0.15, 0.2) is 229 Å². The summed E-state index contributed by atoms with van der Waals surface area (Å²) in [6, 6.07) is 81.9. The van der Waals surface area contributed by atoms with Gasteiger partial charge in [0, 0.05) is 27.5 Å². The van der Waals surface area contributed by atoms with E-state index < -0.39 is 5.41 Å². The van der Waals surface area contributed by atoms with Crippen LogP contribution in [-0.4, -0.2) is 0 Å². The van der Waals surface area contributed by atoms with Crippen molar-refractivity contribution < 1.29 is 4.42 Å². The lowest BCUT2D eigenvalue weighted by Gasteiger charge is -2.34. The van der Waals surface area contributed by atoms with Crippen molar-refractivity contribution in [2.24, 2.45) is 0 Å². The van der Waals surface area contributed by atoms with Gasteiger partial charge in [-0.25, -0.2) is 0 Å². The Morgan fingerprint density at radius 1 is 0.356 bits per heavy atom. The SMILES string of the molecule is c1ccc(C2(c3ccc(N(c4ccc(-c5cccc6oc7ccccc7c56)cc4)c4cc5ccccc5c5ccccc45)cc3)c3ccccc3-c3ccccc32)cc1. The highest BCUT2D eigenvalue weighted by Gasteiger charge is 2.45. The van der Waals surface area contributed by atoms with Crippen LogP contribution in [0, 0.1) is 0 Å². The highest BCUT2D eigenvalue weighted by atomic mass is 16.3. The van der Waals surface area contributed by atoms with Crippen LogP contribution in [0.3, 0.4) is 0 Å². The highest BCUT2D eigenvalue weighted by molar-refractivity contribution is 6.15. The Kier molecular flexibility index (Phi) is 7.48. The van der Waals surface area contributed by atoms with E-state index in [9.17, 15) is 0 Å². The third kappa shape index (κ3) is 5.00.